The number of piperidine rings is 1. The molecule has 1 saturated heterocycles. The maximum atomic E-state index is 12.6. The number of aromatic nitrogens is 3. The molecule has 226 valence electrons. The minimum atomic E-state index is -0.890. The Kier molecular flexibility index (Phi) is 8.51. The van der Waals surface area contributed by atoms with Gasteiger partial charge < -0.3 is 34.1 Å². The first-order valence-corrected chi connectivity index (χ1v) is 13.9. The third-order valence-corrected chi connectivity index (χ3v) is 7.07. The van der Waals surface area contributed by atoms with Crippen LogP contribution in [0.25, 0.3) is 10.9 Å². The summed E-state index contributed by atoms with van der Waals surface area (Å²) in [5, 5.41) is 19.2. The van der Waals surface area contributed by atoms with Crippen LogP contribution in [0.1, 0.15) is 39.3 Å². The van der Waals surface area contributed by atoms with E-state index in [9.17, 15) is 9.59 Å². The summed E-state index contributed by atoms with van der Waals surface area (Å²) in [4.78, 5) is 33.8. The molecule has 1 aliphatic heterocycles. The first kappa shape index (κ1) is 29.4. The zero-order valence-electron chi connectivity index (χ0n) is 24.4. The van der Waals surface area contributed by atoms with Crippen LogP contribution in [0.4, 0.5) is 21.2 Å². The van der Waals surface area contributed by atoms with Crippen LogP contribution in [0.3, 0.4) is 0 Å². The number of carbonyl (C=O) groups excluding carboxylic acids is 1. The molecule has 43 heavy (non-hydrogen) atoms. The van der Waals surface area contributed by atoms with Gasteiger partial charge in [-0.2, -0.15) is 0 Å². The number of fused-ring (bicyclic) bond motifs is 1. The Hall–Kier alpha value is -5.07. The number of amides is 3. The van der Waals surface area contributed by atoms with Gasteiger partial charge in [-0.1, -0.05) is 32.0 Å². The summed E-state index contributed by atoms with van der Waals surface area (Å²) in [6, 6.07) is 11.6. The maximum Gasteiger partial charge on any atom is 0.407 e. The van der Waals surface area contributed by atoms with Crippen molar-refractivity contribution >= 4 is 34.6 Å². The molecule has 3 heterocycles. The topological polar surface area (TPSA) is 161 Å². The molecule has 3 amide bonds. The maximum absolute atomic E-state index is 12.6. The SMILES string of the molecule is COc1cc2c(Oc3cccc(NC(=O)Nc4cc(C(C)(C)C)no4)c3)ncnc2cc1OCC1CCN(C(=O)O)CC1. The van der Waals surface area contributed by atoms with E-state index >= 15 is 0 Å². The third-order valence-electron chi connectivity index (χ3n) is 7.07. The van der Waals surface area contributed by atoms with Crippen molar-refractivity contribution in [3.05, 3.63) is 54.5 Å². The third kappa shape index (κ3) is 7.23. The van der Waals surface area contributed by atoms with Gasteiger partial charge in [0.2, 0.25) is 11.8 Å². The van der Waals surface area contributed by atoms with Gasteiger partial charge in [0.15, 0.2) is 11.5 Å². The van der Waals surface area contributed by atoms with E-state index in [-0.39, 0.29) is 17.2 Å². The molecule has 3 N–H and O–H groups in total. The van der Waals surface area contributed by atoms with Gasteiger partial charge in [-0.3, -0.25) is 5.32 Å². The number of urea groups is 1. The van der Waals surface area contributed by atoms with Gasteiger partial charge in [-0.25, -0.2) is 19.6 Å². The number of methoxy groups -OCH3 is 1. The molecular formula is C30H34N6O7. The Bertz CT molecular complexity index is 1610. The molecule has 0 bridgehead atoms. The fourth-order valence-corrected chi connectivity index (χ4v) is 4.60. The number of nitrogens with one attached hydrogen (secondary N) is 2. The lowest BCUT2D eigenvalue weighted by Crippen LogP contribution is -2.38. The average Bonchev–Trinajstić information content (AvgIpc) is 3.45. The number of hydrogen-bond acceptors (Lipinski definition) is 9. The van der Waals surface area contributed by atoms with Crippen LogP contribution in [0, 0.1) is 5.92 Å². The van der Waals surface area contributed by atoms with Crippen LogP contribution < -0.4 is 24.8 Å². The van der Waals surface area contributed by atoms with Crippen LogP contribution >= 0.6 is 0 Å². The molecule has 0 atom stereocenters. The molecule has 0 aliphatic carbocycles. The van der Waals surface area contributed by atoms with Crippen LogP contribution in [0.5, 0.6) is 23.1 Å². The lowest BCUT2D eigenvalue weighted by atomic mass is 9.92. The molecule has 2 aromatic heterocycles. The molecule has 0 radical (unpaired) electrons. The van der Waals surface area contributed by atoms with Gasteiger partial charge in [-0.05, 0) is 37.0 Å². The number of hydrogen-bond donors (Lipinski definition) is 3. The fourth-order valence-electron chi connectivity index (χ4n) is 4.60. The standard InChI is InChI=1S/C30H34N6O7/c1-30(2,3)25-15-26(43-35-25)34-28(37)33-19-6-5-7-20(12-19)42-27-21-13-23(40-4)24(14-22(21)31-17-32-27)41-16-18-8-10-36(11-9-18)29(38)39/h5-7,12-15,17-18H,8-11,16H2,1-4H3,(H,38,39)(H2,33,34,37). The fraction of sp³-hybridized carbons (Fsp3) is 0.367. The quantitative estimate of drug-likeness (QED) is 0.218. The molecule has 0 unspecified atom stereocenters. The van der Waals surface area contributed by atoms with Crippen molar-refractivity contribution in [1.29, 1.82) is 0 Å². The van der Waals surface area contributed by atoms with E-state index in [4.69, 9.17) is 23.8 Å². The lowest BCUT2D eigenvalue weighted by molar-refractivity contribution is 0.111. The van der Waals surface area contributed by atoms with Crippen LogP contribution in [0.15, 0.2) is 53.3 Å². The number of anilines is 2. The van der Waals surface area contributed by atoms with E-state index in [1.54, 1.807) is 49.6 Å². The molecule has 5 rings (SSSR count). The van der Waals surface area contributed by atoms with E-state index in [1.165, 1.54) is 11.2 Å². The predicted molar refractivity (Wildman–Crippen MR) is 158 cm³/mol. The first-order chi connectivity index (χ1) is 20.6. The van der Waals surface area contributed by atoms with Gasteiger partial charge in [0.05, 0.1) is 30.3 Å². The summed E-state index contributed by atoms with van der Waals surface area (Å²) in [7, 11) is 1.55. The minimum Gasteiger partial charge on any atom is -0.493 e. The Morgan fingerprint density at radius 3 is 2.56 bits per heavy atom. The van der Waals surface area contributed by atoms with E-state index in [0.717, 1.165) is 18.5 Å². The van der Waals surface area contributed by atoms with Crippen molar-refractivity contribution in [2.75, 3.05) is 37.4 Å². The second kappa shape index (κ2) is 12.4. The molecule has 1 fully saturated rings. The molecule has 13 nitrogen and oxygen atoms in total. The number of benzene rings is 2. The summed E-state index contributed by atoms with van der Waals surface area (Å²) < 4.78 is 23.0. The molecule has 13 heteroatoms. The number of ether oxygens (including phenoxy) is 3. The van der Waals surface area contributed by atoms with Gasteiger partial charge in [0.25, 0.3) is 0 Å². The number of carbonyl (C=O) groups is 2. The van der Waals surface area contributed by atoms with Gasteiger partial charge >= 0.3 is 12.1 Å². The number of carboxylic acid groups (broad SMARTS) is 1. The second-order valence-electron chi connectivity index (χ2n) is 11.3. The summed E-state index contributed by atoms with van der Waals surface area (Å²) in [6.07, 6.45) is 1.97. The lowest BCUT2D eigenvalue weighted by Gasteiger charge is -2.29. The van der Waals surface area contributed by atoms with Crippen molar-refractivity contribution in [2.45, 2.75) is 39.0 Å². The van der Waals surface area contributed by atoms with Crippen molar-refractivity contribution in [2.24, 2.45) is 5.92 Å². The highest BCUT2D eigenvalue weighted by molar-refractivity contribution is 5.99. The Morgan fingerprint density at radius 2 is 1.86 bits per heavy atom. The van der Waals surface area contributed by atoms with Gasteiger partial charge in [-0.15, -0.1) is 0 Å². The van der Waals surface area contributed by atoms with Crippen molar-refractivity contribution in [3.8, 4) is 23.1 Å². The smallest absolute Gasteiger partial charge is 0.407 e. The summed E-state index contributed by atoms with van der Waals surface area (Å²) >= 11 is 0. The molecule has 0 spiro atoms. The van der Waals surface area contributed by atoms with Crippen molar-refractivity contribution in [3.63, 3.8) is 0 Å². The summed E-state index contributed by atoms with van der Waals surface area (Å²) in [5.74, 6) is 2.24. The average molecular weight is 591 g/mol. The van der Waals surface area contributed by atoms with Crippen molar-refractivity contribution < 1.29 is 33.4 Å². The van der Waals surface area contributed by atoms with E-state index in [0.29, 0.717) is 59.4 Å². The predicted octanol–water partition coefficient (Wildman–Crippen LogP) is 6.13. The Balaban J connectivity index is 1.25. The summed E-state index contributed by atoms with van der Waals surface area (Å²) in [5.41, 5.74) is 1.60. The van der Waals surface area contributed by atoms with Crippen molar-refractivity contribution in [1.82, 2.24) is 20.0 Å². The van der Waals surface area contributed by atoms with Crippen LogP contribution in [-0.4, -0.2) is 64.1 Å². The number of rotatable bonds is 8. The summed E-state index contributed by atoms with van der Waals surface area (Å²) in [6.45, 7) is 7.43. The molecule has 1 aliphatic rings. The highest BCUT2D eigenvalue weighted by Gasteiger charge is 2.24. The Morgan fingerprint density at radius 1 is 1.07 bits per heavy atom. The molecule has 0 saturated carbocycles. The zero-order valence-corrected chi connectivity index (χ0v) is 24.4. The number of nitrogens with zero attached hydrogens (tertiary/aromatic N) is 4. The highest BCUT2D eigenvalue weighted by Crippen LogP contribution is 2.37. The first-order valence-electron chi connectivity index (χ1n) is 13.9. The minimum absolute atomic E-state index is 0.210. The molecule has 2 aromatic carbocycles. The van der Waals surface area contributed by atoms with E-state index in [1.807, 2.05) is 20.8 Å². The monoisotopic (exact) mass is 590 g/mol. The largest absolute Gasteiger partial charge is 0.493 e. The zero-order chi connectivity index (χ0) is 30.6. The highest BCUT2D eigenvalue weighted by atomic mass is 16.5. The van der Waals surface area contributed by atoms with Crippen LogP contribution in [0.2, 0.25) is 0 Å². The molecular weight excluding hydrogens is 556 g/mol. The van der Waals surface area contributed by atoms with E-state index < -0.39 is 12.1 Å². The number of likely N-dealkylation sites (tertiary alicyclic amines) is 1. The normalized spacial score (nSPS) is 13.9. The molecule has 4 aromatic rings. The van der Waals surface area contributed by atoms with Gasteiger partial charge in [0, 0.05) is 42.4 Å². The van der Waals surface area contributed by atoms with Gasteiger partial charge in [0.1, 0.15) is 12.1 Å². The van der Waals surface area contributed by atoms with Crippen LogP contribution in [-0.2, 0) is 5.41 Å². The Labute approximate surface area is 248 Å². The second-order valence-corrected chi connectivity index (χ2v) is 11.3. The van der Waals surface area contributed by atoms with E-state index in [2.05, 4.69) is 25.8 Å².